The van der Waals surface area contributed by atoms with Gasteiger partial charge in [-0.1, -0.05) is 36.4 Å². The van der Waals surface area contributed by atoms with Crippen molar-refractivity contribution in [2.75, 3.05) is 0 Å². The minimum absolute atomic E-state index is 0.189. The Hall–Kier alpha value is -2.36. The Kier molecular flexibility index (Phi) is 3.57. The molecule has 0 aliphatic rings. The number of ether oxygens (including phenoxy) is 1. The van der Waals surface area contributed by atoms with Crippen LogP contribution in [0.15, 0.2) is 42.5 Å². The van der Waals surface area contributed by atoms with Gasteiger partial charge in [0.1, 0.15) is 5.75 Å². The van der Waals surface area contributed by atoms with Gasteiger partial charge in [-0.15, -0.1) is 0 Å². The first-order chi connectivity index (χ1) is 8.66. The third-order valence-corrected chi connectivity index (χ3v) is 2.51. The second-order valence-corrected chi connectivity index (χ2v) is 3.82. The number of esters is 1. The molecule has 0 amide bonds. The van der Waals surface area contributed by atoms with Gasteiger partial charge in [0, 0.05) is 11.4 Å². The van der Waals surface area contributed by atoms with E-state index in [4.69, 9.17) is 4.74 Å². The molecule has 0 aliphatic carbocycles. The molecule has 2 rings (SSSR count). The molecule has 0 N–H and O–H groups in total. The van der Waals surface area contributed by atoms with Gasteiger partial charge >= 0.3 is 5.97 Å². The van der Waals surface area contributed by atoms with Gasteiger partial charge in [0.05, 0.1) is 6.42 Å². The van der Waals surface area contributed by atoms with Crippen molar-refractivity contribution in [3.05, 3.63) is 42.5 Å². The monoisotopic (exact) mass is 243 g/mol. The van der Waals surface area contributed by atoms with Crippen molar-refractivity contribution in [2.24, 2.45) is 0 Å². The molecule has 0 saturated heterocycles. The van der Waals surface area contributed by atoms with E-state index in [1.54, 1.807) is 12.1 Å². The van der Waals surface area contributed by atoms with E-state index in [-0.39, 0.29) is 12.8 Å². The van der Waals surface area contributed by atoms with Gasteiger partial charge in [-0.05, 0) is 17.9 Å². The number of hydrogen-bond donors (Lipinski definition) is 0. The molecule has 0 radical (unpaired) electrons. The maximum Gasteiger partial charge on any atom is 0.311 e. The number of hydrogen-bond acceptors (Lipinski definition) is 4. The van der Waals surface area contributed by atoms with Crippen LogP contribution in [0, 0.1) is 0 Å². The van der Waals surface area contributed by atoms with E-state index in [1.807, 2.05) is 30.3 Å². The summed E-state index contributed by atoms with van der Waals surface area (Å²) in [6.45, 7) is 0. The van der Waals surface area contributed by atoms with Crippen molar-refractivity contribution >= 4 is 22.7 Å². The third-order valence-electron chi connectivity index (χ3n) is 2.51. The van der Waals surface area contributed by atoms with Crippen LogP contribution in [0.1, 0.15) is 12.8 Å². The molecule has 18 heavy (non-hydrogen) atoms. The molecule has 0 unspecified atom stereocenters. The summed E-state index contributed by atoms with van der Waals surface area (Å²) < 4.78 is 5.15. The van der Waals surface area contributed by atoms with Crippen LogP contribution >= 0.6 is 0 Å². The van der Waals surface area contributed by atoms with Crippen LogP contribution in [0.3, 0.4) is 0 Å². The van der Waals surface area contributed by atoms with Crippen LogP contribution < -0.4 is 9.84 Å². The number of carboxylic acid groups (broad SMARTS) is 1. The van der Waals surface area contributed by atoms with Crippen molar-refractivity contribution in [1.29, 1.82) is 0 Å². The Labute approximate surface area is 104 Å². The number of carbonyl (C=O) groups excluding carboxylic acids is 2. The zero-order valence-corrected chi connectivity index (χ0v) is 9.59. The lowest BCUT2D eigenvalue weighted by Gasteiger charge is -2.07. The van der Waals surface area contributed by atoms with Gasteiger partial charge in [0.15, 0.2) is 0 Å². The van der Waals surface area contributed by atoms with Crippen LogP contribution in [-0.4, -0.2) is 11.9 Å². The lowest BCUT2D eigenvalue weighted by molar-refractivity contribution is -0.305. The molecule has 92 valence electrons. The third kappa shape index (κ3) is 2.85. The summed E-state index contributed by atoms with van der Waals surface area (Å²) in [5.41, 5.74) is 0. The Morgan fingerprint density at radius 3 is 2.50 bits per heavy atom. The van der Waals surface area contributed by atoms with Crippen LogP contribution in [0.5, 0.6) is 5.75 Å². The molecule has 0 aliphatic heterocycles. The number of rotatable bonds is 4. The van der Waals surface area contributed by atoms with Crippen LogP contribution in [0.2, 0.25) is 0 Å². The molecule has 4 heteroatoms. The fourth-order valence-corrected chi connectivity index (χ4v) is 1.66. The molecular weight excluding hydrogens is 232 g/mol. The number of carboxylic acids is 1. The summed E-state index contributed by atoms with van der Waals surface area (Å²) in [6.07, 6.45) is -0.519. The van der Waals surface area contributed by atoms with Crippen molar-refractivity contribution < 1.29 is 19.4 Å². The predicted molar refractivity (Wildman–Crippen MR) is 63.8 cm³/mol. The van der Waals surface area contributed by atoms with Crippen LogP contribution in [0.4, 0.5) is 0 Å². The number of carbonyl (C=O) groups is 2. The molecular formula is C14H11O4-. The normalized spacial score (nSPS) is 10.2. The quantitative estimate of drug-likeness (QED) is 0.599. The summed E-state index contributed by atoms with van der Waals surface area (Å²) in [5.74, 6) is -1.39. The predicted octanol–water partition coefficient (Wildman–Crippen LogP) is 1.28. The summed E-state index contributed by atoms with van der Waals surface area (Å²) in [7, 11) is 0. The minimum atomic E-state index is -1.26. The van der Waals surface area contributed by atoms with E-state index in [0.29, 0.717) is 5.75 Å². The molecule has 4 nitrogen and oxygen atoms in total. The van der Waals surface area contributed by atoms with Crippen molar-refractivity contribution in [3.8, 4) is 5.75 Å². The highest BCUT2D eigenvalue weighted by atomic mass is 16.5. The number of aliphatic carboxylic acids is 1. The average Bonchev–Trinajstić information content (AvgIpc) is 2.37. The number of benzene rings is 2. The van der Waals surface area contributed by atoms with E-state index in [1.165, 1.54) is 0 Å². The van der Waals surface area contributed by atoms with E-state index in [9.17, 15) is 14.7 Å². The Balaban J connectivity index is 2.16. The molecule has 0 heterocycles. The molecule has 2 aromatic carbocycles. The molecule has 0 fully saturated rings. The maximum atomic E-state index is 11.4. The van der Waals surface area contributed by atoms with Crippen LogP contribution in [0.25, 0.3) is 10.8 Å². The molecule has 0 saturated carbocycles. The zero-order valence-electron chi connectivity index (χ0n) is 9.59. The first-order valence-corrected chi connectivity index (χ1v) is 5.55. The van der Waals surface area contributed by atoms with E-state index in [2.05, 4.69) is 0 Å². The molecule has 0 spiro atoms. The number of fused-ring (bicyclic) bond motifs is 1. The maximum absolute atomic E-state index is 11.4. The average molecular weight is 243 g/mol. The lowest BCUT2D eigenvalue weighted by Crippen LogP contribution is -2.23. The van der Waals surface area contributed by atoms with E-state index < -0.39 is 11.9 Å². The molecule has 2 aromatic rings. The van der Waals surface area contributed by atoms with Gasteiger partial charge in [-0.25, -0.2) is 0 Å². The van der Waals surface area contributed by atoms with Crippen molar-refractivity contribution in [1.82, 2.24) is 0 Å². The van der Waals surface area contributed by atoms with Gasteiger partial charge in [-0.2, -0.15) is 0 Å². The molecule has 0 aromatic heterocycles. The zero-order chi connectivity index (χ0) is 13.0. The highest BCUT2D eigenvalue weighted by molar-refractivity contribution is 5.90. The largest absolute Gasteiger partial charge is 0.550 e. The highest BCUT2D eigenvalue weighted by Crippen LogP contribution is 2.25. The standard InChI is InChI=1S/C14H12O4/c15-13(16)8-9-14(17)18-12-7-3-5-10-4-1-2-6-11(10)12/h1-7H,8-9H2,(H,15,16)/p-1. The first kappa shape index (κ1) is 12.1. The fraction of sp³-hybridized carbons (Fsp3) is 0.143. The van der Waals surface area contributed by atoms with Gasteiger partial charge < -0.3 is 14.6 Å². The topological polar surface area (TPSA) is 66.4 Å². The lowest BCUT2D eigenvalue weighted by atomic mass is 10.1. The second kappa shape index (κ2) is 5.31. The molecule has 0 bridgehead atoms. The second-order valence-electron chi connectivity index (χ2n) is 3.82. The Morgan fingerprint density at radius 1 is 1.00 bits per heavy atom. The van der Waals surface area contributed by atoms with Crippen molar-refractivity contribution in [3.63, 3.8) is 0 Å². The van der Waals surface area contributed by atoms with Gasteiger partial charge in [0.2, 0.25) is 0 Å². The Bertz CT molecular complexity index is 584. The highest BCUT2D eigenvalue weighted by Gasteiger charge is 2.07. The smallest absolute Gasteiger partial charge is 0.311 e. The summed E-state index contributed by atoms with van der Waals surface area (Å²) in [4.78, 5) is 21.7. The Morgan fingerprint density at radius 2 is 1.72 bits per heavy atom. The summed E-state index contributed by atoms with van der Waals surface area (Å²) in [6, 6.07) is 12.9. The summed E-state index contributed by atoms with van der Waals surface area (Å²) in [5, 5.41) is 12.0. The van der Waals surface area contributed by atoms with Gasteiger partial charge in [0.25, 0.3) is 0 Å². The van der Waals surface area contributed by atoms with E-state index in [0.717, 1.165) is 10.8 Å². The van der Waals surface area contributed by atoms with E-state index >= 15 is 0 Å². The van der Waals surface area contributed by atoms with Gasteiger partial charge in [-0.3, -0.25) is 4.79 Å². The van der Waals surface area contributed by atoms with Crippen LogP contribution in [-0.2, 0) is 9.59 Å². The summed E-state index contributed by atoms with van der Waals surface area (Å²) >= 11 is 0. The minimum Gasteiger partial charge on any atom is -0.550 e. The fourth-order valence-electron chi connectivity index (χ4n) is 1.66. The first-order valence-electron chi connectivity index (χ1n) is 5.55. The molecule has 0 atom stereocenters. The van der Waals surface area contributed by atoms with Crippen molar-refractivity contribution in [2.45, 2.75) is 12.8 Å². The SMILES string of the molecule is O=C([O-])CCC(=O)Oc1cccc2ccccc12.